The summed E-state index contributed by atoms with van der Waals surface area (Å²) in [4.78, 5) is 31.5. The molecule has 0 unspecified atom stereocenters. The number of aromatic nitrogens is 2. The number of hydrogen-bond donors (Lipinski definition) is 0. The molecule has 2 aromatic rings. The van der Waals surface area contributed by atoms with Crippen LogP contribution in [0.2, 0.25) is 5.02 Å². The highest BCUT2D eigenvalue weighted by Gasteiger charge is 2.31. The van der Waals surface area contributed by atoms with Gasteiger partial charge < -0.3 is 9.47 Å². The zero-order valence-electron chi connectivity index (χ0n) is 13.4. The molecular weight excluding hydrogens is 326 g/mol. The van der Waals surface area contributed by atoms with Gasteiger partial charge in [-0.2, -0.15) is 0 Å². The third-order valence-electron chi connectivity index (χ3n) is 4.33. The fourth-order valence-electron chi connectivity index (χ4n) is 3.05. The number of amides is 1. The highest BCUT2D eigenvalue weighted by atomic mass is 35.5. The van der Waals surface area contributed by atoms with Crippen LogP contribution in [0.5, 0.6) is 0 Å². The number of halogens is 1. The van der Waals surface area contributed by atoms with Gasteiger partial charge in [-0.3, -0.25) is 9.59 Å². The maximum atomic E-state index is 13.1. The second-order valence-corrected chi connectivity index (χ2v) is 6.44. The van der Waals surface area contributed by atoms with Gasteiger partial charge in [0.2, 0.25) is 11.7 Å². The number of carbonyl (C=O) groups is 2. The summed E-state index contributed by atoms with van der Waals surface area (Å²) in [6.45, 7) is 0.584. The Morgan fingerprint density at radius 3 is 2.58 bits per heavy atom. The van der Waals surface area contributed by atoms with Gasteiger partial charge in [-0.1, -0.05) is 24.4 Å². The fourth-order valence-corrected chi connectivity index (χ4v) is 3.18. The highest BCUT2D eigenvalue weighted by molar-refractivity contribution is 6.30. The molecule has 126 valence electrons. The van der Waals surface area contributed by atoms with Gasteiger partial charge in [-0.05, 0) is 37.1 Å². The maximum Gasteiger partial charge on any atom is 0.224 e. The lowest BCUT2D eigenvalue weighted by atomic mass is 10.0. The zero-order valence-corrected chi connectivity index (χ0v) is 14.2. The molecule has 1 aromatic carbocycles. The van der Waals surface area contributed by atoms with Gasteiger partial charge in [0, 0.05) is 35.9 Å². The Kier molecular flexibility index (Phi) is 5.30. The van der Waals surface area contributed by atoms with Gasteiger partial charge in [0.05, 0.1) is 6.33 Å². The molecule has 2 heterocycles. The van der Waals surface area contributed by atoms with Gasteiger partial charge >= 0.3 is 0 Å². The minimum Gasteiger partial charge on any atom is -0.315 e. The Morgan fingerprint density at radius 2 is 1.88 bits per heavy atom. The number of carbonyl (C=O) groups excluding carboxylic acids is 2. The van der Waals surface area contributed by atoms with Crippen LogP contribution in [0.25, 0.3) is 0 Å². The minimum absolute atomic E-state index is 0.0238. The van der Waals surface area contributed by atoms with Gasteiger partial charge in [0.1, 0.15) is 0 Å². The molecule has 0 saturated carbocycles. The van der Waals surface area contributed by atoms with E-state index in [0.29, 0.717) is 23.6 Å². The quantitative estimate of drug-likeness (QED) is 0.794. The standard InChI is InChI=1S/C18H20ClN3O2/c19-15-8-6-14(7-9-15)17(24)18(21-12-10-20-13-21)22-11-4-2-1-3-5-16(22)23/h6-10,12-13,18H,1-5,11H2/t18-/m0/s1. The number of benzene rings is 1. The van der Waals surface area contributed by atoms with E-state index in [1.54, 1.807) is 52.5 Å². The molecule has 1 saturated heterocycles. The van der Waals surface area contributed by atoms with Crippen LogP contribution in [0.15, 0.2) is 43.0 Å². The van der Waals surface area contributed by atoms with E-state index in [2.05, 4.69) is 4.98 Å². The first-order valence-electron chi connectivity index (χ1n) is 8.23. The van der Waals surface area contributed by atoms with Crippen molar-refractivity contribution in [3.8, 4) is 0 Å². The summed E-state index contributed by atoms with van der Waals surface area (Å²) in [5.41, 5.74) is 0.535. The van der Waals surface area contributed by atoms with Crippen molar-refractivity contribution < 1.29 is 9.59 Å². The van der Waals surface area contributed by atoms with Crippen LogP contribution in [-0.2, 0) is 4.79 Å². The van der Waals surface area contributed by atoms with Crippen molar-refractivity contribution in [2.45, 2.75) is 38.3 Å². The highest BCUT2D eigenvalue weighted by Crippen LogP contribution is 2.24. The summed E-state index contributed by atoms with van der Waals surface area (Å²) in [6, 6.07) is 6.77. The van der Waals surface area contributed by atoms with Crippen LogP contribution >= 0.6 is 11.6 Å². The monoisotopic (exact) mass is 345 g/mol. The van der Waals surface area contributed by atoms with Crippen molar-refractivity contribution >= 4 is 23.3 Å². The first kappa shape index (κ1) is 16.7. The lowest BCUT2D eigenvalue weighted by Gasteiger charge is -2.33. The lowest BCUT2D eigenvalue weighted by Crippen LogP contribution is -2.43. The molecule has 5 nitrogen and oxygen atoms in total. The Balaban J connectivity index is 1.95. The third-order valence-corrected chi connectivity index (χ3v) is 4.58. The normalized spacial score (nSPS) is 17.2. The summed E-state index contributed by atoms with van der Waals surface area (Å²) in [5, 5.41) is 0.577. The van der Waals surface area contributed by atoms with Crippen LogP contribution in [0.1, 0.15) is 48.6 Å². The van der Waals surface area contributed by atoms with Crippen LogP contribution in [0.4, 0.5) is 0 Å². The topological polar surface area (TPSA) is 55.2 Å². The lowest BCUT2D eigenvalue weighted by molar-refractivity contribution is -0.135. The molecule has 3 rings (SSSR count). The average Bonchev–Trinajstić information content (AvgIpc) is 3.09. The Hall–Kier alpha value is -2.14. The average molecular weight is 346 g/mol. The second kappa shape index (κ2) is 7.62. The SMILES string of the molecule is O=C(c1ccc(Cl)cc1)[C@H](N1CCCCCCC1=O)n1ccnc1. The number of ketones is 1. The van der Waals surface area contributed by atoms with Crippen molar-refractivity contribution in [3.63, 3.8) is 0 Å². The predicted molar refractivity (Wildman–Crippen MR) is 91.8 cm³/mol. The molecule has 1 aromatic heterocycles. The molecule has 1 aliphatic rings. The van der Waals surface area contributed by atoms with E-state index in [4.69, 9.17) is 11.6 Å². The van der Waals surface area contributed by atoms with E-state index < -0.39 is 6.17 Å². The summed E-state index contributed by atoms with van der Waals surface area (Å²) in [7, 11) is 0. The smallest absolute Gasteiger partial charge is 0.224 e. The number of imidazole rings is 1. The van der Waals surface area contributed by atoms with Gasteiger partial charge in [-0.15, -0.1) is 0 Å². The van der Waals surface area contributed by atoms with Crippen molar-refractivity contribution in [1.29, 1.82) is 0 Å². The molecule has 0 N–H and O–H groups in total. The largest absolute Gasteiger partial charge is 0.315 e. The summed E-state index contributed by atoms with van der Waals surface area (Å²) in [5.74, 6) is -0.102. The molecule has 0 radical (unpaired) electrons. The van der Waals surface area contributed by atoms with E-state index in [9.17, 15) is 9.59 Å². The Bertz CT molecular complexity index is 698. The fraction of sp³-hybridized carbons (Fsp3) is 0.389. The molecule has 0 bridgehead atoms. The third kappa shape index (κ3) is 3.67. The number of rotatable bonds is 4. The van der Waals surface area contributed by atoms with Crippen molar-refractivity contribution in [2.24, 2.45) is 0 Å². The van der Waals surface area contributed by atoms with E-state index in [1.165, 1.54) is 0 Å². The van der Waals surface area contributed by atoms with Crippen LogP contribution < -0.4 is 0 Å². The van der Waals surface area contributed by atoms with E-state index in [0.717, 1.165) is 25.7 Å². The van der Waals surface area contributed by atoms with Crippen LogP contribution in [-0.4, -0.2) is 32.7 Å². The number of likely N-dealkylation sites (tertiary alicyclic amines) is 1. The molecule has 6 heteroatoms. The van der Waals surface area contributed by atoms with Crippen molar-refractivity contribution in [2.75, 3.05) is 6.54 Å². The maximum absolute atomic E-state index is 13.1. The number of nitrogens with zero attached hydrogens (tertiary/aromatic N) is 3. The molecule has 0 spiro atoms. The van der Waals surface area contributed by atoms with Gasteiger partial charge in [0.15, 0.2) is 6.17 Å². The minimum atomic E-state index is -0.695. The molecule has 24 heavy (non-hydrogen) atoms. The van der Waals surface area contributed by atoms with E-state index in [-0.39, 0.29) is 11.7 Å². The molecule has 1 amide bonds. The van der Waals surface area contributed by atoms with Crippen LogP contribution in [0, 0.1) is 0 Å². The molecule has 1 fully saturated rings. The molecule has 1 aliphatic heterocycles. The van der Waals surface area contributed by atoms with Crippen molar-refractivity contribution in [3.05, 3.63) is 53.6 Å². The van der Waals surface area contributed by atoms with Crippen LogP contribution in [0.3, 0.4) is 0 Å². The summed E-state index contributed by atoms with van der Waals surface area (Å²) < 4.78 is 1.70. The summed E-state index contributed by atoms with van der Waals surface area (Å²) >= 11 is 5.92. The zero-order chi connectivity index (χ0) is 16.9. The van der Waals surface area contributed by atoms with E-state index >= 15 is 0 Å². The second-order valence-electron chi connectivity index (χ2n) is 6.01. The first-order valence-corrected chi connectivity index (χ1v) is 8.61. The number of Topliss-reactive ketones (excluding diaryl/α,β-unsaturated/α-hetero) is 1. The van der Waals surface area contributed by atoms with Gasteiger partial charge in [0.25, 0.3) is 0 Å². The van der Waals surface area contributed by atoms with Gasteiger partial charge in [-0.25, -0.2) is 4.98 Å². The summed E-state index contributed by atoms with van der Waals surface area (Å²) in [6.07, 6.45) is 8.66. The van der Waals surface area contributed by atoms with Crippen molar-refractivity contribution in [1.82, 2.24) is 14.5 Å². The molecular formula is C18H20ClN3O2. The molecule has 1 atom stereocenters. The van der Waals surface area contributed by atoms with E-state index in [1.807, 2.05) is 0 Å². The molecule has 0 aliphatic carbocycles. The first-order chi connectivity index (χ1) is 11.7. The Morgan fingerprint density at radius 1 is 1.12 bits per heavy atom. The number of hydrogen-bond acceptors (Lipinski definition) is 3. The Labute approximate surface area is 146 Å². The predicted octanol–water partition coefficient (Wildman–Crippen LogP) is 3.71.